The van der Waals surface area contributed by atoms with Crippen LogP contribution in [0.25, 0.3) is 33.6 Å². The fourth-order valence-electron chi connectivity index (χ4n) is 8.27. The van der Waals surface area contributed by atoms with Gasteiger partial charge in [0.2, 0.25) is 11.8 Å². The molecule has 61 heavy (non-hydrogen) atoms. The highest BCUT2D eigenvalue weighted by atomic mass is 35.5. The molecule has 2 aromatic carbocycles. The van der Waals surface area contributed by atoms with Crippen molar-refractivity contribution in [2.45, 2.75) is 84.0 Å². The lowest BCUT2D eigenvalue weighted by atomic mass is 9.98. The Labute approximate surface area is 364 Å². The van der Waals surface area contributed by atoms with Crippen LogP contribution < -0.4 is 20.1 Å². The SMILES string of the molecule is COC(=O)N[C@H](C(=O)N1CCC[C@H]1c1nc(-c2ccc3c(c2)OCCCOc2cc(-c4nc([C@@H]5CCCN5C(=O)[C@@H](NC(=O)OC)C(C)C)[nH]c4Cl)ccc2-3)c(Cl)[nH]1)C(C)C. The summed E-state index contributed by atoms with van der Waals surface area (Å²) in [6, 6.07) is 9.34. The third-order valence-corrected chi connectivity index (χ3v) is 12.0. The molecule has 0 radical (unpaired) electrons. The van der Waals surface area contributed by atoms with Crippen LogP contribution >= 0.6 is 23.2 Å². The maximum atomic E-state index is 13.7. The van der Waals surface area contributed by atoms with Crippen LogP contribution in [0.4, 0.5) is 9.59 Å². The number of alkyl carbamates (subject to hydrolysis) is 2. The summed E-state index contributed by atoms with van der Waals surface area (Å²) in [6.07, 6.45) is 2.20. The van der Waals surface area contributed by atoms with Crippen LogP contribution in [0.15, 0.2) is 36.4 Å². The number of likely N-dealkylation sites (tertiary alicyclic amines) is 2. The van der Waals surface area contributed by atoms with Gasteiger partial charge in [0, 0.05) is 41.8 Å². The molecule has 4 atom stereocenters. The molecule has 3 aliphatic heterocycles. The Kier molecular flexibility index (Phi) is 13.3. The number of rotatable bonds is 10. The van der Waals surface area contributed by atoms with Crippen molar-refractivity contribution in [2.24, 2.45) is 11.8 Å². The fraction of sp³-hybridized carbons (Fsp3) is 0.488. The van der Waals surface area contributed by atoms with Gasteiger partial charge in [0.05, 0.1) is 39.5 Å². The van der Waals surface area contributed by atoms with E-state index in [2.05, 4.69) is 20.6 Å². The first-order chi connectivity index (χ1) is 29.3. The number of halogens is 2. The van der Waals surface area contributed by atoms with Gasteiger partial charge in [-0.3, -0.25) is 9.59 Å². The quantitative estimate of drug-likeness (QED) is 0.123. The van der Waals surface area contributed by atoms with Gasteiger partial charge in [-0.1, -0.05) is 63.0 Å². The van der Waals surface area contributed by atoms with Gasteiger partial charge in [-0.05, 0) is 61.8 Å². The molecule has 4 aromatic rings. The number of H-pyrrole nitrogens is 2. The van der Waals surface area contributed by atoms with Crippen molar-refractivity contribution >= 4 is 47.2 Å². The number of hydrogen-bond donors (Lipinski definition) is 4. The van der Waals surface area contributed by atoms with E-state index in [4.69, 9.17) is 52.1 Å². The number of fused-ring (bicyclic) bond motifs is 3. The summed E-state index contributed by atoms with van der Waals surface area (Å²) in [4.78, 5) is 71.3. The number of nitrogens with zero attached hydrogens (tertiary/aromatic N) is 4. The Hall–Kier alpha value is -5.48. The van der Waals surface area contributed by atoms with Gasteiger partial charge in [-0.25, -0.2) is 19.6 Å². The van der Waals surface area contributed by atoms with Gasteiger partial charge >= 0.3 is 12.2 Å². The first-order valence-electron chi connectivity index (χ1n) is 20.6. The summed E-state index contributed by atoms with van der Waals surface area (Å²) in [5, 5.41) is 6.02. The first kappa shape index (κ1) is 43.6. The van der Waals surface area contributed by atoms with E-state index >= 15 is 0 Å². The van der Waals surface area contributed by atoms with Crippen LogP contribution in [-0.2, 0) is 19.1 Å². The van der Waals surface area contributed by atoms with E-state index in [1.54, 1.807) is 9.80 Å². The van der Waals surface area contributed by atoms with Crippen LogP contribution in [0.5, 0.6) is 11.5 Å². The number of imidazole rings is 2. The molecule has 326 valence electrons. The maximum absolute atomic E-state index is 13.7. The second-order valence-corrected chi connectivity index (χ2v) is 16.9. The zero-order chi connectivity index (χ0) is 43.5. The second-order valence-electron chi connectivity index (χ2n) is 16.1. The number of hydrogen-bond acceptors (Lipinski definition) is 10. The molecule has 5 heterocycles. The molecule has 0 bridgehead atoms. The number of aromatic nitrogens is 4. The van der Waals surface area contributed by atoms with Gasteiger partial charge in [0.15, 0.2) is 0 Å². The topological polar surface area (TPSA) is 193 Å². The van der Waals surface area contributed by atoms with Crippen LogP contribution in [0.3, 0.4) is 0 Å². The molecular weight excluding hydrogens is 827 g/mol. The second kappa shape index (κ2) is 18.6. The highest BCUT2D eigenvalue weighted by molar-refractivity contribution is 6.32. The molecule has 2 aromatic heterocycles. The highest BCUT2D eigenvalue weighted by Crippen LogP contribution is 2.44. The minimum absolute atomic E-state index is 0.163. The summed E-state index contributed by atoms with van der Waals surface area (Å²) in [5.41, 5.74) is 4.10. The lowest BCUT2D eigenvalue weighted by molar-refractivity contribution is -0.136. The first-order valence-corrected chi connectivity index (χ1v) is 21.4. The number of amides is 4. The summed E-state index contributed by atoms with van der Waals surface area (Å²) in [6.45, 7) is 9.34. The van der Waals surface area contributed by atoms with Crippen molar-refractivity contribution in [3.63, 3.8) is 0 Å². The molecule has 16 nitrogen and oxygen atoms in total. The van der Waals surface area contributed by atoms with Gasteiger partial charge in [-0.2, -0.15) is 0 Å². The van der Waals surface area contributed by atoms with E-state index in [0.717, 1.165) is 35.1 Å². The molecule has 4 N–H and O–H groups in total. The zero-order valence-electron chi connectivity index (χ0n) is 35.1. The minimum Gasteiger partial charge on any atom is -0.493 e. The van der Waals surface area contributed by atoms with Crippen molar-refractivity contribution in [1.29, 1.82) is 0 Å². The van der Waals surface area contributed by atoms with E-state index < -0.39 is 24.3 Å². The number of methoxy groups -OCH3 is 2. The van der Waals surface area contributed by atoms with E-state index in [-0.39, 0.29) is 35.7 Å². The van der Waals surface area contributed by atoms with E-state index in [1.165, 1.54) is 14.2 Å². The number of carbonyl (C=O) groups excluding carboxylic acids is 4. The monoisotopic (exact) mass is 878 g/mol. The summed E-state index contributed by atoms with van der Waals surface area (Å²) in [5.74, 6) is 1.62. The molecule has 2 saturated heterocycles. The van der Waals surface area contributed by atoms with Crippen molar-refractivity contribution in [3.05, 3.63) is 58.4 Å². The Morgan fingerprint density at radius 3 is 1.48 bits per heavy atom. The standard InChI is InChI=1S/C43H52Cl2N8O8/c1-22(2)32(48-42(56)58-5)40(54)52-16-7-10-28(52)38-46-34(36(44)50-38)24-12-14-26-27-15-13-25(21-31(27)61-19-9-18-60-30(26)20-24)35-37(45)51-39(47-35)29-11-8-17-53(29)41(55)33(23(3)4)49-43(57)59-6/h12-15,20-23,28-29,32-33H,7-11,16-19H2,1-6H3,(H,46,50)(H,47,51)(H,48,56)(H,49,57)/t28-,29-,32-,33-/m0/s1. The average Bonchev–Trinajstić information content (AvgIpc) is 4.07. The van der Waals surface area contributed by atoms with Crippen molar-refractivity contribution in [3.8, 4) is 45.1 Å². The Balaban J connectivity index is 1.14. The third kappa shape index (κ3) is 9.10. The largest absolute Gasteiger partial charge is 0.493 e. The number of ether oxygens (including phenoxy) is 4. The van der Waals surface area contributed by atoms with E-state index in [1.807, 2.05) is 64.1 Å². The van der Waals surface area contributed by atoms with Crippen molar-refractivity contribution in [1.82, 2.24) is 40.4 Å². The maximum Gasteiger partial charge on any atom is 0.407 e. The number of benzene rings is 2. The number of nitrogens with one attached hydrogen (secondary N) is 4. The molecule has 0 saturated carbocycles. The molecule has 0 unspecified atom stereocenters. The van der Waals surface area contributed by atoms with E-state index in [9.17, 15) is 19.2 Å². The van der Waals surface area contributed by atoms with Gasteiger partial charge in [0.25, 0.3) is 0 Å². The molecule has 4 amide bonds. The minimum atomic E-state index is -0.758. The smallest absolute Gasteiger partial charge is 0.407 e. The van der Waals surface area contributed by atoms with Crippen LogP contribution in [0.1, 0.15) is 83.5 Å². The highest BCUT2D eigenvalue weighted by Gasteiger charge is 2.39. The normalized spacial score (nSPS) is 18.5. The van der Waals surface area contributed by atoms with Gasteiger partial charge in [0.1, 0.15) is 56.9 Å². The number of aromatic amines is 2. The molecule has 7 rings (SSSR count). The van der Waals surface area contributed by atoms with Crippen LogP contribution in [-0.4, -0.2) is 106 Å². The Bertz CT molecular complexity index is 2120. The molecule has 2 fully saturated rings. The summed E-state index contributed by atoms with van der Waals surface area (Å²) >= 11 is 13.7. The molecule has 3 aliphatic rings. The van der Waals surface area contributed by atoms with Crippen LogP contribution in [0, 0.1) is 11.8 Å². The molecule has 0 aliphatic carbocycles. The van der Waals surface area contributed by atoms with Gasteiger partial charge in [-0.15, -0.1) is 0 Å². The summed E-state index contributed by atoms with van der Waals surface area (Å²) in [7, 11) is 2.54. The fourth-order valence-corrected chi connectivity index (χ4v) is 8.76. The third-order valence-electron chi connectivity index (χ3n) is 11.4. The van der Waals surface area contributed by atoms with Gasteiger partial charge < -0.3 is 49.3 Å². The van der Waals surface area contributed by atoms with E-state index in [0.29, 0.717) is 90.4 Å². The predicted octanol–water partition coefficient (Wildman–Crippen LogP) is 7.69. The molecule has 18 heteroatoms. The van der Waals surface area contributed by atoms with Crippen molar-refractivity contribution < 1.29 is 38.1 Å². The van der Waals surface area contributed by atoms with Crippen molar-refractivity contribution in [2.75, 3.05) is 40.5 Å². The average molecular weight is 880 g/mol. The lowest BCUT2D eigenvalue weighted by Gasteiger charge is -2.29. The Morgan fingerprint density at radius 2 is 1.10 bits per heavy atom. The molecule has 0 spiro atoms. The Morgan fingerprint density at radius 1 is 0.689 bits per heavy atom. The molecular formula is C43H52Cl2N8O8. The predicted molar refractivity (Wildman–Crippen MR) is 228 cm³/mol. The lowest BCUT2D eigenvalue weighted by Crippen LogP contribution is -2.51. The zero-order valence-corrected chi connectivity index (χ0v) is 36.6. The number of carbonyl (C=O) groups is 4. The summed E-state index contributed by atoms with van der Waals surface area (Å²) < 4.78 is 22.2. The van der Waals surface area contributed by atoms with Crippen LogP contribution in [0.2, 0.25) is 10.3 Å².